The second-order valence-electron chi connectivity index (χ2n) is 8.20. The number of ether oxygens (including phenoxy) is 1. The maximum Gasteiger partial charge on any atom is 0.408 e. The third kappa shape index (κ3) is 4.47. The Morgan fingerprint density at radius 3 is 2.55 bits per heavy atom. The molecular formula is C23H26N2O4. The highest BCUT2D eigenvalue weighted by molar-refractivity contribution is 5.84. The van der Waals surface area contributed by atoms with E-state index < -0.39 is 17.7 Å². The third-order valence-electron chi connectivity index (χ3n) is 4.49. The summed E-state index contributed by atoms with van der Waals surface area (Å²) < 4.78 is 11.6. The lowest BCUT2D eigenvalue weighted by molar-refractivity contribution is 0.0508. The molecule has 1 N–H and O–H groups in total. The summed E-state index contributed by atoms with van der Waals surface area (Å²) in [7, 11) is 0. The first kappa shape index (κ1) is 20.6. The number of pyridine rings is 1. The number of carbonyl (C=O) groups is 1. The molecule has 0 radical (unpaired) electrons. The summed E-state index contributed by atoms with van der Waals surface area (Å²) in [5.74, 6) is 0.428. The Hall–Kier alpha value is -3.15. The number of alkyl carbamates (subject to hydrolysis) is 1. The minimum atomic E-state index is -0.603. The topological polar surface area (TPSA) is 81.4 Å². The maximum absolute atomic E-state index is 13.1. The van der Waals surface area contributed by atoms with Gasteiger partial charge in [0.2, 0.25) is 0 Å². The summed E-state index contributed by atoms with van der Waals surface area (Å²) >= 11 is 0. The SMILES string of the molecule is Cc1cc(C(C)NC(=O)OC(C)(C)C)c2oc(-c3ccccn3)c(C)c(=O)c2c1. The number of hydrogen-bond acceptors (Lipinski definition) is 5. The van der Waals surface area contributed by atoms with Crippen molar-refractivity contribution in [1.82, 2.24) is 10.3 Å². The summed E-state index contributed by atoms with van der Waals surface area (Å²) in [5, 5.41) is 3.31. The van der Waals surface area contributed by atoms with E-state index in [0.717, 1.165) is 5.56 Å². The molecule has 6 heteroatoms. The molecule has 2 aromatic heterocycles. The van der Waals surface area contributed by atoms with Crippen LogP contribution >= 0.6 is 0 Å². The second-order valence-corrected chi connectivity index (χ2v) is 8.20. The van der Waals surface area contributed by atoms with E-state index in [1.54, 1.807) is 52.1 Å². The molecule has 2 heterocycles. The predicted octanol–water partition coefficient (Wildman–Crippen LogP) is 5.06. The van der Waals surface area contributed by atoms with Gasteiger partial charge in [-0.3, -0.25) is 9.78 Å². The predicted molar refractivity (Wildman–Crippen MR) is 113 cm³/mol. The molecule has 1 atom stereocenters. The zero-order valence-corrected chi connectivity index (χ0v) is 17.6. The Kier molecular flexibility index (Phi) is 5.46. The standard InChI is InChI=1S/C23H26N2O4/c1-13-11-16(15(3)25-22(27)29-23(4,5)6)21-17(12-13)19(26)14(2)20(28-21)18-9-7-8-10-24-18/h7-12,15H,1-6H3,(H,25,27). The molecule has 152 valence electrons. The Balaban J connectivity index is 2.13. The number of carbonyl (C=O) groups excluding carboxylic acids is 1. The van der Waals surface area contributed by atoms with Crippen molar-refractivity contribution in [3.05, 3.63) is 63.4 Å². The van der Waals surface area contributed by atoms with Gasteiger partial charge in [-0.2, -0.15) is 0 Å². The first-order valence-electron chi connectivity index (χ1n) is 9.55. The van der Waals surface area contributed by atoms with Gasteiger partial charge >= 0.3 is 6.09 Å². The van der Waals surface area contributed by atoms with Crippen molar-refractivity contribution in [2.24, 2.45) is 0 Å². The smallest absolute Gasteiger partial charge is 0.408 e. The Bertz CT molecular complexity index is 1110. The van der Waals surface area contributed by atoms with Crippen LogP contribution in [0.15, 0.2) is 45.7 Å². The minimum Gasteiger partial charge on any atom is -0.454 e. The molecule has 3 rings (SSSR count). The number of benzene rings is 1. The van der Waals surface area contributed by atoms with Gasteiger partial charge in [-0.25, -0.2) is 4.79 Å². The molecule has 0 spiro atoms. The molecule has 0 aliphatic carbocycles. The molecule has 0 saturated heterocycles. The summed E-state index contributed by atoms with van der Waals surface area (Å²) in [4.78, 5) is 29.6. The van der Waals surface area contributed by atoms with Crippen LogP contribution in [0, 0.1) is 13.8 Å². The molecular weight excluding hydrogens is 368 g/mol. The van der Waals surface area contributed by atoms with Crippen molar-refractivity contribution in [2.75, 3.05) is 0 Å². The average Bonchev–Trinajstić information content (AvgIpc) is 2.63. The second kappa shape index (κ2) is 7.70. The highest BCUT2D eigenvalue weighted by Gasteiger charge is 2.22. The monoisotopic (exact) mass is 394 g/mol. The van der Waals surface area contributed by atoms with Gasteiger partial charge in [0.25, 0.3) is 0 Å². The lowest BCUT2D eigenvalue weighted by atomic mass is 10.00. The van der Waals surface area contributed by atoms with E-state index >= 15 is 0 Å². The number of rotatable bonds is 3. The lowest BCUT2D eigenvalue weighted by Gasteiger charge is -2.22. The first-order chi connectivity index (χ1) is 13.6. The van der Waals surface area contributed by atoms with Crippen LogP contribution in [-0.2, 0) is 4.74 Å². The number of aromatic nitrogens is 1. The summed E-state index contributed by atoms with van der Waals surface area (Å²) in [6, 6.07) is 8.74. The van der Waals surface area contributed by atoms with Crippen LogP contribution in [-0.4, -0.2) is 16.7 Å². The number of amides is 1. The molecule has 0 fully saturated rings. The van der Waals surface area contributed by atoms with Crippen molar-refractivity contribution in [3.8, 4) is 11.5 Å². The van der Waals surface area contributed by atoms with Crippen LogP contribution < -0.4 is 10.7 Å². The number of nitrogens with one attached hydrogen (secondary N) is 1. The maximum atomic E-state index is 13.1. The van der Waals surface area contributed by atoms with E-state index in [1.165, 1.54) is 0 Å². The fraction of sp³-hybridized carbons (Fsp3) is 0.348. The Morgan fingerprint density at radius 2 is 1.93 bits per heavy atom. The average molecular weight is 394 g/mol. The molecule has 0 saturated carbocycles. The summed E-state index contributed by atoms with van der Waals surface area (Å²) in [6.07, 6.45) is 1.13. The van der Waals surface area contributed by atoms with Gasteiger partial charge in [-0.1, -0.05) is 12.1 Å². The van der Waals surface area contributed by atoms with Crippen LogP contribution in [0.1, 0.15) is 50.4 Å². The lowest BCUT2D eigenvalue weighted by Crippen LogP contribution is -2.34. The highest BCUT2D eigenvalue weighted by atomic mass is 16.6. The number of aryl methyl sites for hydroxylation is 1. The molecule has 1 amide bonds. The Morgan fingerprint density at radius 1 is 1.21 bits per heavy atom. The van der Waals surface area contributed by atoms with Gasteiger partial charge in [0.15, 0.2) is 11.2 Å². The molecule has 1 aromatic carbocycles. The van der Waals surface area contributed by atoms with E-state index in [9.17, 15) is 9.59 Å². The van der Waals surface area contributed by atoms with E-state index in [0.29, 0.717) is 33.6 Å². The largest absolute Gasteiger partial charge is 0.454 e. The van der Waals surface area contributed by atoms with E-state index in [-0.39, 0.29) is 5.43 Å². The Labute approximate surface area is 169 Å². The molecule has 0 aliphatic rings. The van der Waals surface area contributed by atoms with Crippen molar-refractivity contribution >= 4 is 17.1 Å². The fourth-order valence-corrected chi connectivity index (χ4v) is 3.19. The van der Waals surface area contributed by atoms with Gasteiger partial charge in [-0.05, 0) is 65.3 Å². The van der Waals surface area contributed by atoms with Gasteiger partial charge < -0.3 is 14.5 Å². The molecule has 29 heavy (non-hydrogen) atoms. The highest BCUT2D eigenvalue weighted by Crippen LogP contribution is 2.30. The third-order valence-corrected chi connectivity index (χ3v) is 4.49. The molecule has 1 unspecified atom stereocenters. The fourth-order valence-electron chi connectivity index (χ4n) is 3.19. The van der Waals surface area contributed by atoms with Crippen molar-refractivity contribution in [2.45, 2.75) is 53.2 Å². The zero-order chi connectivity index (χ0) is 21.3. The molecule has 0 bridgehead atoms. The van der Waals surface area contributed by atoms with Gasteiger partial charge in [0.1, 0.15) is 16.9 Å². The van der Waals surface area contributed by atoms with E-state index in [1.807, 2.05) is 26.0 Å². The first-order valence-corrected chi connectivity index (χ1v) is 9.55. The summed E-state index contributed by atoms with van der Waals surface area (Å²) in [5.41, 5.74) is 2.43. The molecule has 6 nitrogen and oxygen atoms in total. The normalized spacial score (nSPS) is 12.6. The van der Waals surface area contributed by atoms with E-state index in [4.69, 9.17) is 9.15 Å². The van der Waals surface area contributed by atoms with Gasteiger partial charge in [0.05, 0.1) is 11.4 Å². The van der Waals surface area contributed by atoms with Gasteiger partial charge in [-0.15, -0.1) is 0 Å². The van der Waals surface area contributed by atoms with Crippen molar-refractivity contribution in [1.29, 1.82) is 0 Å². The van der Waals surface area contributed by atoms with Crippen LogP contribution in [0.3, 0.4) is 0 Å². The van der Waals surface area contributed by atoms with Crippen molar-refractivity contribution < 1.29 is 13.9 Å². The van der Waals surface area contributed by atoms with Crippen LogP contribution in [0.25, 0.3) is 22.4 Å². The minimum absolute atomic E-state index is 0.110. The summed E-state index contributed by atoms with van der Waals surface area (Å²) in [6.45, 7) is 10.9. The zero-order valence-electron chi connectivity index (χ0n) is 17.6. The van der Waals surface area contributed by atoms with Crippen LogP contribution in [0.2, 0.25) is 0 Å². The van der Waals surface area contributed by atoms with Crippen LogP contribution in [0.5, 0.6) is 0 Å². The number of fused-ring (bicyclic) bond motifs is 1. The quantitative estimate of drug-likeness (QED) is 0.672. The van der Waals surface area contributed by atoms with E-state index in [2.05, 4.69) is 10.3 Å². The van der Waals surface area contributed by atoms with Crippen LogP contribution in [0.4, 0.5) is 4.79 Å². The molecule has 3 aromatic rings. The number of nitrogens with zero attached hydrogens (tertiary/aromatic N) is 1. The van der Waals surface area contributed by atoms with Gasteiger partial charge in [0, 0.05) is 17.3 Å². The number of hydrogen-bond donors (Lipinski definition) is 1. The molecule has 0 aliphatic heterocycles. The van der Waals surface area contributed by atoms with Crippen molar-refractivity contribution in [3.63, 3.8) is 0 Å².